The number of sulfonamides is 1. The van der Waals surface area contributed by atoms with Crippen molar-refractivity contribution in [2.75, 3.05) is 23.0 Å². The summed E-state index contributed by atoms with van der Waals surface area (Å²) in [6.45, 7) is 0. The number of aromatic nitrogens is 1. The fourth-order valence-corrected chi connectivity index (χ4v) is 5.49. The lowest BCUT2D eigenvalue weighted by molar-refractivity contribution is 0.0697. The Labute approximate surface area is 230 Å². The third kappa shape index (κ3) is 5.29. The van der Waals surface area contributed by atoms with Crippen molar-refractivity contribution in [3.8, 4) is 17.1 Å². The summed E-state index contributed by atoms with van der Waals surface area (Å²) in [5, 5.41) is 13.4. The van der Waals surface area contributed by atoms with Gasteiger partial charge in [-0.05, 0) is 60.7 Å². The van der Waals surface area contributed by atoms with Gasteiger partial charge in [-0.2, -0.15) is 0 Å². The van der Waals surface area contributed by atoms with E-state index < -0.39 is 28.1 Å². The van der Waals surface area contributed by atoms with Crippen LogP contribution in [0, 0.1) is 0 Å². The fourth-order valence-electron chi connectivity index (χ4n) is 4.59. The Morgan fingerprint density at radius 1 is 1.13 bits per heavy atom. The zero-order valence-electron chi connectivity index (χ0n) is 20.9. The number of furan rings is 1. The van der Waals surface area contributed by atoms with Crippen molar-refractivity contribution in [1.29, 1.82) is 0 Å². The number of hydrogen-bond donors (Lipinski definition) is 3. The minimum atomic E-state index is -3.59. The molecule has 12 heteroatoms. The van der Waals surface area contributed by atoms with Crippen LogP contribution in [0.25, 0.3) is 11.3 Å². The summed E-state index contributed by atoms with van der Waals surface area (Å²) in [6, 6.07) is 19.7. The highest BCUT2D eigenvalue weighted by Gasteiger charge is 2.43. The van der Waals surface area contributed by atoms with E-state index in [9.17, 15) is 18.3 Å². The van der Waals surface area contributed by atoms with E-state index in [4.69, 9.17) is 21.4 Å². The molecule has 5 rings (SSSR count). The molecular weight excluding hydrogens is 540 g/mol. The molecule has 2 aromatic carbocycles. The molecule has 0 bridgehead atoms. The van der Waals surface area contributed by atoms with Crippen molar-refractivity contribution in [3.63, 3.8) is 0 Å². The molecule has 2 aromatic heterocycles. The number of nitrogens with zero attached hydrogens (tertiary/aromatic N) is 2. The number of pyridine rings is 1. The molecule has 10 nitrogen and oxygen atoms in total. The smallest absolute Gasteiger partial charge is 0.336 e. The van der Waals surface area contributed by atoms with Crippen LogP contribution < -0.4 is 19.7 Å². The largest absolute Gasteiger partial charge is 0.495 e. The van der Waals surface area contributed by atoms with Gasteiger partial charge in [-0.1, -0.05) is 24.3 Å². The lowest BCUT2D eigenvalue weighted by Gasteiger charge is -2.27. The second kappa shape index (κ2) is 10.4. The summed E-state index contributed by atoms with van der Waals surface area (Å²) in [5.41, 5.74) is 2.08. The Kier molecular flexibility index (Phi) is 6.98. The fraction of sp³-hybridized carbons (Fsp3) is 0.148. The molecule has 0 amide bonds. The zero-order chi connectivity index (χ0) is 27.7. The van der Waals surface area contributed by atoms with Gasteiger partial charge in [0.1, 0.15) is 23.3 Å². The van der Waals surface area contributed by atoms with E-state index in [1.807, 2.05) is 23.1 Å². The van der Waals surface area contributed by atoms with Crippen molar-refractivity contribution < 1.29 is 27.5 Å². The number of nitrogens with one attached hydrogen (secondary N) is 2. The Balaban J connectivity index is 1.63. The van der Waals surface area contributed by atoms with E-state index >= 15 is 0 Å². The van der Waals surface area contributed by atoms with Gasteiger partial charge < -0.3 is 24.5 Å². The molecule has 1 fully saturated rings. The number of benzene rings is 2. The molecule has 1 aliphatic rings. The Morgan fingerprint density at radius 3 is 2.59 bits per heavy atom. The van der Waals surface area contributed by atoms with Crippen LogP contribution in [-0.4, -0.2) is 43.0 Å². The van der Waals surface area contributed by atoms with Gasteiger partial charge in [0.05, 0.1) is 36.4 Å². The van der Waals surface area contributed by atoms with Gasteiger partial charge >= 0.3 is 5.97 Å². The van der Waals surface area contributed by atoms with Gasteiger partial charge in [-0.3, -0.25) is 9.71 Å². The van der Waals surface area contributed by atoms with Gasteiger partial charge in [0, 0.05) is 17.4 Å². The first-order valence-electron chi connectivity index (χ1n) is 11.7. The number of methoxy groups -OCH3 is 1. The maximum atomic E-state index is 12.0. The van der Waals surface area contributed by atoms with E-state index in [1.165, 1.54) is 13.2 Å². The predicted molar refractivity (Wildman–Crippen MR) is 150 cm³/mol. The first-order chi connectivity index (χ1) is 18.7. The number of aromatic carboxylic acids is 1. The molecule has 0 saturated carbocycles. The van der Waals surface area contributed by atoms with Crippen LogP contribution in [0.15, 0.2) is 83.4 Å². The van der Waals surface area contributed by atoms with Gasteiger partial charge in [0.2, 0.25) is 10.0 Å². The molecule has 2 atom stereocenters. The van der Waals surface area contributed by atoms with Crippen LogP contribution in [0.1, 0.15) is 33.9 Å². The van der Waals surface area contributed by atoms with Crippen molar-refractivity contribution in [2.45, 2.75) is 12.1 Å². The highest BCUT2D eigenvalue weighted by molar-refractivity contribution is 7.92. The highest BCUT2D eigenvalue weighted by Crippen LogP contribution is 2.44. The number of anilines is 2. The normalized spacial score (nSPS) is 17.1. The second-order valence-electron chi connectivity index (χ2n) is 8.81. The van der Waals surface area contributed by atoms with Crippen LogP contribution in [0.3, 0.4) is 0 Å². The van der Waals surface area contributed by atoms with E-state index in [0.29, 0.717) is 39.3 Å². The number of carboxylic acid groups (broad SMARTS) is 1. The van der Waals surface area contributed by atoms with Crippen LogP contribution in [0.4, 0.5) is 11.4 Å². The molecule has 0 radical (unpaired) electrons. The summed E-state index contributed by atoms with van der Waals surface area (Å²) in [5.74, 6) is 0.159. The van der Waals surface area contributed by atoms with Crippen molar-refractivity contribution in [3.05, 3.63) is 96.0 Å². The number of rotatable bonds is 8. The van der Waals surface area contributed by atoms with Gasteiger partial charge in [0.25, 0.3) is 0 Å². The maximum absolute atomic E-state index is 12.0. The molecule has 200 valence electrons. The monoisotopic (exact) mass is 564 g/mol. The molecule has 1 aliphatic heterocycles. The van der Waals surface area contributed by atoms with Crippen LogP contribution in [-0.2, 0) is 10.0 Å². The summed E-state index contributed by atoms with van der Waals surface area (Å²) in [7, 11) is -2.15. The average Bonchev–Trinajstić information content (AvgIpc) is 3.53. The van der Waals surface area contributed by atoms with Gasteiger partial charge in [-0.15, -0.1) is 0 Å². The van der Waals surface area contributed by atoms with Crippen LogP contribution >= 0.6 is 12.2 Å². The molecule has 39 heavy (non-hydrogen) atoms. The van der Waals surface area contributed by atoms with Gasteiger partial charge in [0.15, 0.2) is 5.11 Å². The minimum absolute atomic E-state index is 0.114. The first-order valence-corrected chi connectivity index (χ1v) is 14.0. The Bertz CT molecular complexity index is 1660. The minimum Gasteiger partial charge on any atom is -0.495 e. The lowest BCUT2D eigenvalue weighted by Crippen LogP contribution is -2.29. The number of carbonyl (C=O) groups is 1. The molecule has 4 aromatic rings. The zero-order valence-corrected chi connectivity index (χ0v) is 22.5. The van der Waals surface area contributed by atoms with E-state index in [0.717, 1.165) is 6.26 Å². The first kappa shape index (κ1) is 26.2. The number of carboxylic acids is 1. The van der Waals surface area contributed by atoms with E-state index in [-0.39, 0.29) is 11.3 Å². The Hall–Kier alpha value is -4.42. The third-order valence-corrected chi connectivity index (χ3v) is 7.10. The van der Waals surface area contributed by atoms with Crippen LogP contribution in [0.5, 0.6) is 5.75 Å². The Morgan fingerprint density at radius 2 is 1.90 bits per heavy atom. The topological polar surface area (TPSA) is 134 Å². The highest BCUT2D eigenvalue weighted by atomic mass is 32.2. The molecule has 3 N–H and O–H groups in total. The van der Waals surface area contributed by atoms with E-state index in [2.05, 4.69) is 15.0 Å². The number of hydrogen-bond acceptors (Lipinski definition) is 7. The third-order valence-electron chi connectivity index (χ3n) is 6.20. The number of ether oxygens (including phenoxy) is 1. The average molecular weight is 565 g/mol. The van der Waals surface area contributed by atoms with Crippen molar-refractivity contribution in [2.24, 2.45) is 0 Å². The molecule has 0 spiro atoms. The number of thiocarbonyl (C=S) groups is 1. The predicted octanol–water partition coefficient (Wildman–Crippen LogP) is 4.60. The van der Waals surface area contributed by atoms with Crippen molar-refractivity contribution >= 4 is 44.7 Å². The SMILES string of the molecule is COc1ccc(N2C(=S)N[C@@H](c3ccccn3)[C@H]2c2ccc(-c3ccccc3C(=O)O)o2)cc1NS(C)(=O)=O. The molecule has 0 aliphatic carbocycles. The second-order valence-corrected chi connectivity index (χ2v) is 10.9. The molecular formula is C27H24N4O6S2. The molecule has 3 heterocycles. The quantitative estimate of drug-likeness (QED) is 0.261. The van der Waals surface area contributed by atoms with Gasteiger partial charge in [-0.25, -0.2) is 13.2 Å². The summed E-state index contributed by atoms with van der Waals surface area (Å²) >= 11 is 5.74. The van der Waals surface area contributed by atoms with Crippen molar-refractivity contribution in [1.82, 2.24) is 10.3 Å². The summed E-state index contributed by atoms with van der Waals surface area (Å²) in [6.07, 6.45) is 2.73. The molecule has 0 unspecified atom stereocenters. The standard InChI is InChI=1S/C27H24N4O6S2/c1-36-22-11-10-16(15-20(22)30-39(2,34)35)31-25(24(29-27(31)38)19-9-5-6-14-28-19)23-13-12-21(37-23)17-7-3-4-8-18(17)26(32)33/h3-15,24-25,30H,1-2H3,(H,29,38)(H,32,33)/t24-,25+/m0/s1. The maximum Gasteiger partial charge on any atom is 0.336 e. The summed E-state index contributed by atoms with van der Waals surface area (Å²) < 4.78 is 38.2. The van der Waals surface area contributed by atoms with Crippen LogP contribution in [0.2, 0.25) is 0 Å². The lowest BCUT2D eigenvalue weighted by atomic mass is 10.0. The summed E-state index contributed by atoms with van der Waals surface area (Å²) in [4.78, 5) is 18.1. The van der Waals surface area contributed by atoms with E-state index in [1.54, 1.807) is 54.7 Å². The molecule has 1 saturated heterocycles.